The van der Waals surface area contributed by atoms with Gasteiger partial charge in [0.1, 0.15) is 0 Å². The van der Waals surface area contributed by atoms with Gasteiger partial charge < -0.3 is 10.1 Å². The van der Waals surface area contributed by atoms with E-state index >= 15 is 0 Å². The summed E-state index contributed by atoms with van der Waals surface area (Å²) in [7, 11) is 0. The van der Waals surface area contributed by atoms with Gasteiger partial charge in [0.25, 0.3) is 0 Å². The molecule has 0 amide bonds. The van der Waals surface area contributed by atoms with E-state index in [-0.39, 0.29) is 17.4 Å². The molecule has 7 heteroatoms. The summed E-state index contributed by atoms with van der Waals surface area (Å²) in [5.41, 5.74) is 0.780. The van der Waals surface area contributed by atoms with Crippen molar-refractivity contribution in [1.82, 2.24) is 4.98 Å². The van der Waals surface area contributed by atoms with Crippen molar-refractivity contribution in [2.45, 2.75) is 19.8 Å². The minimum Gasteiger partial charge on any atom is -0.487 e. The van der Waals surface area contributed by atoms with Crippen LogP contribution in [0.4, 0.5) is 11.4 Å². The quantitative estimate of drug-likeness (QED) is 0.624. The van der Waals surface area contributed by atoms with E-state index in [1.165, 1.54) is 6.07 Å². The molecule has 1 aromatic carbocycles. The molecule has 0 saturated carbocycles. The second kappa shape index (κ2) is 7.03. The predicted octanol–water partition coefficient (Wildman–Crippen LogP) is 3.67. The fourth-order valence-corrected chi connectivity index (χ4v) is 2.58. The summed E-state index contributed by atoms with van der Waals surface area (Å²) >= 11 is 1.62. The predicted molar refractivity (Wildman–Crippen MR) is 83.3 cm³/mol. The third kappa shape index (κ3) is 3.91. The van der Waals surface area contributed by atoms with Crippen LogP contribution in [0.3, 0.4) is 0 Å². The van der Waals surface area contributed by atoms with E-state index in [0.29, 0.717) is 13.2 Å². The molecular formula is C14H17N3O3S. The molecule has 21 heavy (non-hydrogen) atoms. The van der Waals surface area contributed by atoms with Gasteiger partial charge in [0.05, 0.1) is 16.5 Å². The summed E-state index contributed by atoms with van der Waals surface area (Å²) in [5, 5.41) is 17.2. The summed E-state index contributed by atoms with van der Waals surface area (Å²) in [4.78, 5) is 14.8. The number of hydrogen-bond acceptors (Lipinski definition) is 6. The molecular weight excluding hydrogens is 290 g/mol. The number of nitro benzene ring substituents is 1. The van der Waals surface area contributed by atoms with E-state index in [1.807, 2.05) is 5.38 Å². The molecule has 2 aromatic rings. The zero-order valence-electron chi connectivity index (χ0n) is 11.9. The molecule has 2 rings (SSSR count). The molecule has 0 fully saturated rings. The smallest absolute Gasteiger partial charge is 0.311 e. The highest BCUT2D eigenvalue weighted by Gasteiger charge is 2.16. The number of nitrogens with zero attached hydrogens (tertiary/aromatic N) is 2. The van der Waals surface area contributed by atoms with Crippen molar-refractivity contribution in [3.05, 3.63) is 44.9 Å². The van der Waals surface area contributed by atoms with E-state index in [2.05, 4.69) is 17.2 Å². The maximum atomic E-state index is 10.9. The number of benzene rings is 1. The van der Waals surface area contributed by atoms with Crippen molar-refractivity contribution >= 4 is 22.7 Å². The first-order valence-corrected chi connectivity index (χ1v) is 7.54. The van der Waals surface area contributed by atoms with Crippen molar-refractivity contribution in [2.24, 2.45) is 0 Å². The van der Waals surface area contributed by atoms with Crippen LogP contribution in [0.5, 0.6) is 5.75 Å². The number of thiazole rings is 1. The van der Waals surface area contributed by atoms with Gasteiger partial charge in [0.2, 0.25) is 0 Å². The molecule has 1 aromatic heterocycles. The number of ether oxygens (including phenoxy) is 1. The highest BCUT2D eigenvalue weighted by molar-refractivity contribution is 7.09. The fraction of sp³-hybridized carbons (Fsp3) is 0.357. The van der Waals surface area contributed by atoms with Gasteiger partial charge in [0.15, 0.2) is 5.75 Å². The molecule has 1 atom stereocenters. The van der Waals surface area contributed by atoms with Crippen LogP contribution in [-0.4, -0.2) is 23.1 Å². The second-order valence-corrected chi connectivity index (χ2v) is 5.45. The van der Waals surface area contributed by atoms with Gasteiger partial charge in [-0.05, 0) is 13.0 Å². The van der Waals surface area contributed by atoms with Gasteiger partial charge in [-0.1, -0.05) is 6.92 Å². The molecule has 112 valence electrons. The van der Waals surface area contributed by atoms with Crippen molar-refractivity contribution in [1.29, 1.82) is 0 Å². The van der Waals surface area contributed by atoms with Gasteiger partial charge in [-0.15, -0.1) is 11.3 Å². The monoisotopic (exact) mass is 307 g/mol. The van der Waals surface area contributed by atoms with Crippen molar-refractivity contribution in [3.63, 3.8) is 0 Å². The lowest BCUT2D eigenvalue weighted by molar-refractivity contribution is -0.385. The summed E-state index contributed by atoms with van der Waals surface area (Å²) in [6, 6.07) is 4.81. The maximum absolute atomic E-state index is 10.9. The molecule has 1 N–H and O–H groups in total. The Labute approximate surface area is 126 Å². The minimum absolute atomic E-state index is 0.0182. The van der Waals surface area contributed by atoms with Crippen LogP contribution in [-0.2, 0) is 0 Å². The first-order valence-electron chi connectivity index (χ1n) is 6.66. The first-order chi connectivity index (χ1) is 10.1. The van der Waals surface area contributed by atoms with E-state index < -0.39 is 4.92 Å². The van der Waals surface area contributed by atoms with Crippen LogP contribution in [0.2, 0.25) is 0 Å². The number of hydrogen-bond donors (Lipinski definition) is 1. The van der Waals surface area contributed by atoms with Gasteiger partial charge >= 0.3 is 5.69 Å². The number of nitro groups is 1. The summed E-state index contributed by atoms with van der Waals surface area (Å²) in [5.74, 6) is 0.560. The third-order valence-corrected chi connectivity index (χ3v) is 3.95. The molecule has 1 heterocycles. The second-order valence-electron chi connectivity index (χ2n) is 4.52. The number of nitrogens with one attached hydrogen (secondary N) is 1. The van der Waals surface area contributed by atoms with Crippen LogP contribution in [0.25, 0.3) is 0 Å². The zero-order chi connectivity index (χ0) is 15.2. The number of rotatable bonds is 7. The largest absolute Gasteiger partial charge is 0.487 e. The van der Waals surface area contributed by atoms with Gasteiger partial charge in [-0.3, -0.25) is 10.1 Å². The zero-order valence-corrected chi connectivity index (χ0v) is 12.7. The average Bonchev–Trinajstić information content (AvgIpc) is 2.99. The molecule has 0 aliphatic carbocycles. The van der Waals surface area contributed by atoms with Crippen LogP contribution in [0.1, 0.15) is 24.8 Å². The lowest BCUT2D eigenvalue weighted by Crippen LogP contribution is -2.10. The van der Waals surface area contributed by atoms with Crippen LogP contribution < -0.4 is 10.1 Å². The Morgan fingerprint density at radius 3 is 2.95 bits per heavy atom. The Hall–Kier alpha value is -2.15. The van der Waals surface area contributed by atoms with Crippen LogP contribution >= 0.6 is 11.3 Å². The van der Waals surface area contributed by atoms with Crippen molar-refractivity contribution in [3.8, 4) is 5.75 Å². The highest BCUT2D eigenvalue weighted by Crippen LogP contribution is 2.30. The van der Waals surface area contributed by atoms with E-state index in [1.54, 1.807) is 36.6 Å². The van der Waals surface area contributed by atoms with Gasteiger partial charge in [-0.25, -0.2) is 4.98 Å². The lowest BCUT2D eigenvalue weighted by atomic mass is 10.2. The van der Waals surface area contributed by atoms with Crippen molar-refractivity contribution < 1.29 is 9.66 Å². The van der Waals surface area contributed by atoms with E-state index in [0.717, 1.165) is 10.7 Å². The maximum Gasteiger partial charge on any atom is 0.311 e. The Morgan fingerprint density at radius 1 is 1.52 bits per heavy atom. The Kier molecular flexibility index (Phi) is 5.10. The highest BCUT2D eigenvalue weighted by atomic mass is 32.1. The Morgan fingerprint density at radius 2 is 2.33 bits per heavy atom. The molecule has 6 nitrogen and oxygen atoms in total. The fourth-order valence-electron chi connectivity index (χ4n) is 1.88. The molecule has 0 bridgehead atoms. The third-order valence-electron chi connectivity index (χ3n) is 2.94. The Bertz CT molecular complexity index is 602. The van der Waals surface area contributed by atoms with Crippen molar-refractivity contribution in [2.75, 3.05) is 18.5 Å². The molecule has 1 unspecified atom stereocenters. The molecule has 0 aliphatic rings. The van der Waals surface area contributed by atoms with Crippen LogP contribution in [0.15, 0.2) is 29.8 Å². The summed E-state index contributed by atoms with van der Waals surface area (Å²) in [6.07, 6.45) is 1.79. The average molecular weight is 307 g/mol. The lowest BCUT2D eigenvalue weighted by Gasteiger charge is -2.12. The molecule has 0 radical (unpaired) electrons. The van der Waals surface area contributed by atoms with Gasteiger partial charge in [-0.2, -0.15) is 0 Å². The molecule has 0 aliphatic heterocycles. The normalized spacial score (nSPS) is 11.9. The topological polar surface area (TPSA) is 77.3 Å². The standard InChI is InChI=1S/C14H17N3O3S/c1-3-20-13-8-11(4-5-12(13)17(18)19)16-9-10(2)14-15-6-7-21-14/h4-8,10,16H,3,9H2,1-2H3. The first kappa shape index (κ1) is 15.2. The SMILES string of the molecule is CCOc1cc(NCC(C)c2nccs2)ccc1[N+](=O)[O-]. The minimum atomic E-state index is -0.438. The molecule has 0 saturated heterocycles. The Balaban J connectivity index is 2.06. The van der Waals surface area contributed by atoms with Crippen LogP contribution in [0, 0.1) is 10.1 Å². The van der Waals surface area contributed by atoms with E-state index in [9.17, 15) is 10.1 Å². The number of anilines is 1. The van der Waals surface area contributed by atoms with E-state index in [4.69, 9.17) is 4.74 Å². The molecule has 0 spiro atoms. The summed E-state index contributed by atoms with van der Waals surface area (Å²) in [6.45, 7) is 4.98. The van der Waals surface area contributed by atoms with Gasteiger partial charge in [0, 0.05) is 41.9 Å². The summed E-state index contributed by atoms with van der Waals surface area (Å²) < 4.78 is 5.33. The number of aromatic nitrogens is 1.